The summed E-state index contributed by atoms with van der Waals surface area (Å²) < 4.78 is 0. The molecule has 0 saturated heterocycles. The molecule has 0 nitrogen and oxygen atoms in total. The summed E-state index contributed by atoms with van der Waals surface area (Å²) in [4.78, 5) is 0. The van der Waals surface area contributed by atoms with Crippen molar-refractivity contribution < 1.29 is 51.0 Å². The predicted octanol–water partition coefficient (Wildman–Crippen LogP) is 0.537. The third kappa shape index (κ3) is 5.14. The summed E-state index contributed by atoms with van der Waals surface area (Å²) >= 11 is 0. The van der Waals surface area contributed by atoms with E-state index in [1.54, 1.807) is 5.56 Å². The van der Waals surface area contributed by atoms with Crippen molar-refractivity contribution in [2.24, 2.45) is 0 Å². The van der Waals surface area contributed by atoms with Crippen LogP contribution in [0.25, 0.3) is 21.5 Å². The number of rotatable bonds is 0. The van der Waals surface area contributed by atoms with Gasteiger partial charge in [-0.05, 0) is 40.0 Å². The molecule has 4 aromatic carbocycles. The Balaban J connectivity index is 0.000000246. The van der Waals surface area contributed by atoms with Crippen molar-refractivity contribution in [2.75, 3.05) is 0 Å². The molecule has 0 spiro atoms. The minimum atomic E-state index is 0. The smallest absolute Gasteiger partial charge is 1.00 e. The van der Waals surface area contributed by atoms with E-state index in [0.717, 1.165) is 0 Å². The maximum atomic E-state index is 2.37. The Morgan fingerprint density at radius 1 is 0.741 bits per heavy atom. The number of halogens is 2. The summed E-state index contributed by atoms with van der Waals surface area (Å²) in [6.45, 7) is 6.54. The van der Waals surface area contributed by atoms with Gasteiger partial charge in [0.05, 0.1) is 0 Å². The second kappa shape index (κ2) is 10.1. The van der Waals surface area contributed by atoms with Crippen LogP contribution in [0.3, 0.4) is 0 Å². The molecular formula is C24H24Cl2Zr. The third-order valence-corrected chi connectivity index (χ3v) is 5.39. The molecule has 1 aliphatic rings. The Morgan fingerprint density at radius 3 is 2.22 bits per heavy atom. The van der Waals surface area contributed by atoms with Gasteiger partial charge in [0.15, 0.2) is 0 Å². The van der Waals surface area contributed by atoms with Crippen molar-refractivity contribution in [3.63, 3.8) is 0 Å². The van der Waals surface area contributed by atoms with Crippen LogP contribution in [0.15, 0.2) is 54.6 Å². The number of fused-ring (bicyclic) bond motifs is 3. The van der Waals surface area contributed by atoms with Crippen LogP contribution in [-0.2, 0) is 39.0 Å². The van der Waals surface area contributed by atoms with Crippen molar-refractivity contribution in [1.82, 2.24) is 0 Å². The molecule has 0 aromatic heterocycles. The van der Waals surface area contributed by atoms with Crippen LogP contribution in [-0.4, -0.2) is 0 Å². The Kier molecular flexibility index (Phi) is 9.00. The molecule has 0 fully saturated rings. The average Bonchev–Trinajstić information content (AvgIpc) is 3.14. The molecule has 0 unspecified atom stereocenters. The van der Waals surface area contributed by atoms with E-state index < -0.39 is 0 Å². The van der Waals surface area contributed by atoms with Crippen LogP contribution >= 0.6 is 0 Å². The first kappa shape index (κ1) is 24.2. The molecule has 0 amide bonds. The van der Waals surface area contributed by atoms with Gasteiger partial charge in [-0.2, -0.15) is 18.2 Å². The topological polar surface area (TPSA) is 0 Å². The van der Waals surface area contributed by atoms with Crippen LogP contribution in [0.4, 0.5) is 0 Å². The van der Waals surface area contributed by atoms with Crippen molar-refractivity contribution in [3.05, 3.63) is 82.4 Å². The molecule has 0 saturated carbocycles. The van der Waals surface area contributed by atoms with Gasteiger partial charge in [-0.15, -0.1) is 63.5 Å². The molecule has 0 aliphatic heterocycles. The summed E-state index contributed by atoms with van der Waals surface area (Å²) in [6.07, 6.45) is 3.82. The first-order valence-electron chi connectivity index (χ1n) is 8.92. The Bertz CT molecular complexity index is 974. The molecule has 0 heterocycles. The largest absolute Gasteiger partial charge is 4.00 e. The van der Waals surface area contributed by atoms with Gasteiger partial charge in [0.1, 0.15) is 0 Å². The summed E-state index contributed by atoms with van der Waals surface area (Å²) in [5.74, 6) is 0. The third-order valence-electron chi connectivity index (χ3n) is 5.39. The Labute approximate surface area is 194 Å². The van der Waals surface area contributed by atoms with Crippen molar-refractivity contribution in [2.45, 2.75) is 40.0 Å². The number of aryl methyl sites for hydroxylation is 5. The minimum Gasteiger partial charge on any atom is -1.00 e. The monoisotopic (exact) mass is 472 g/mol. The minimum absolute atomic E-state index is 0. The molecule has 0 atom stereocenters. The molecule has 3 bridgehead atoms. The maximum Gasteiger partial charge on any atom is 4.00 e. The summed E-state index contributed by atoms with van der Waals surface area (Å²) in [6, 6.07) is 20.3. The van der Waals surface area contributed by atoms with Gasteiger partial charge in [0.25, 0.3) is 0 Å². The van der Waals surface area contributed by atoms with Gasteiger partial charge in [0.2, 0.25) is 0 Å². The normalized spacial score (nSPS) is 11.7. The summed E-state index contributed by atoms with van der Waals surface area (Å²) in [7, 11) is 0. The molecule has 1 aliphatic carbocycles. The van der Waals surface area contributed by atoms with Gasteiger partial charge < -0.3 is 24.8 Å². The summed E-state index contributed by atoms with van der Waals surface area (Å²) in [5, 5.41) is 5.58. The van der Waals surface area contributed by atoms with E-state index in [4.69, 9.17) is 0 Å². The van der Waals surface area contributed by atoms with Gasteiger partial charge >= 0.3 is 26.2 Å². The molecule has 3 heteroatoms. The molecule has 0 N–H and O–H groups in total. The first-order chi connectivity index (χ1) is 11.6. The summed E-state index contributed by atoms with van der Waals surface area (Å²) in [5.41, 5.74) is 7.29. The molecule has 138 valence electrons. The van der Waals surface area contributed by atoms with E-state index in [1.165, 1.54) is 63.1 Å². The van der Waals surface area contributed by atoms with Crippen molar-refractivity contribution in [1.29, 1.82) is 0 Å². The van der Waals surface area contributed by atoms with Gasteiger partial charge in [-0.1, -0.05) is 22.3 Å². The predicted molar refractivity (Wildman–Crippen MR) is 105 cm³/mol. The first-order valence-corrected chi connectivity index (χ1v) is 8.92. The maximum absolute atomic E-state index is 2.37. The fraction of sp³-hybridized carbons (Fsp3) is 0.250. The van der Waals surface area contributed by atoms with E-state index >= 15 is 0 Å². The van der Waals surface area contributed by atoms with Crippen LogP contribution in [0, 0.1) is 20.8 Å². The number of hydrogen-bond acceptors (Lipinski definition) is 0. The molecule has 27 heavy (non-hydrogen) atoms. The van der Waals surface area contributed by atoms with Crippen LogP contribution in [0.1, 0.15) is 34.2 Å². The van der Waals surface area contributed by atoms with Crippen LogP contribution < -0.4 is 24.8 Å². The fourth-order valence-corrected chi connectivity index (χ4v) is 3.79. The van der Waals surface area contributed by atoms with E-state index in [1.807, 2.05) is 0 Å². The second-order valence-electron chi connectivity index (χ2n) is 7.22. The van der Waals surface area contributed by atoms with E-state index in [2.05, 4.69) is 75.4 Å². The molecular weight excluding hydrogens is 450 g/mol. The number of benzene rings is 2. The van der Waals surface area contributed by atoms with Gasteiger partial charge in [0, 0.05) is 0 Å². The fourth-order valence-electron chi connectivity index (χ4n) is 3.79. The van der Waals surface area contributed by atoms with Gasteiger partial charge in [-0.3, -0.25) is 0 Å². The molecule has 4 aromatic rings. The Morgan fingerprint density at radius 2 is 1.44 bits per heavy atom. The zero-order valence-electron chi connectivity index (χ0n) is 16.1. The van der Waals surface area contributed by atoms with Crippen LogP contribution in [0.5, 0.6) is 0 Å². The van der Waals surface area contributed by atoms with Crippen molar-refractivity contribution >= 4 is 21.5 Å². The van der Waals surface area contributed by atoms with E-state index in [-0.39, 0.29) is 51.0 Å². The van der Waals surface area contributed by atoms with E-state index in [9.17, 15) is 0 Å². The molecule has 5 rings (SSSR count). The van der Waals surface area contributed by atoms with E-state index in [0.29, 0.717) is 0 Å². The van der Waals surface area contributed by atoms with Gasteiger partial charge in [-0.25, -0.2) is 0 Å². The SMILES string of the molecule is Cc1cc2cc3[cH-]c2cc1CCC3.Cc1cc2cc[cH-]c2cc1C.[Cl-].[Cl-].[Zr+4]. The quantitative estimate of drug-likeness (QED) is 0.327. The average molecular weight is 475 g/mol. The van der Waals surface area contributed by atoms with Crippen molar-refractivity contribution in [3.8, 4) is 0 Å². The standard InChI is InChI=1S/C13H13.C11H11.2ClH.Zr/c1-9-5-12-6-10-3-2-4-11(9)8-13(12)7-10;1-8-6-10-4-3-5-11(10)7-9(8)2;;;/h5-8H,2-4H2,1H3;3-7H,1-2H3;2*1H;/q2*-1;;;+4/p-2. The Hall–Kier alpha value is -0.877. The van der Waals surface area contributed by atoms with Crippen LogP contribution in [0.2, 0.25) is 0 Å². The zero-order chi connectivity index (χ0) is 16.7. The second-order valence-corrected chi connectivity index (χ2v) is 7.22. The zero-order valence-corrected chi connectivity index (χ0v) is 20.0. The number of hydrogen-bond donors (Lipinski definition) is 0. The molecule has 0 radical (unpaired) electrons.